The Morgan fingerprint density at radius 2 is 0.391 bits per heavy atom. The second-order valence-corrected chi connectivity index (χ2v) is 23.2. The number of aromatic nitrogens is 6. The van der Waals surface area contributed by atoms with E-state index in [1.54, 1.807) is 0 Å². The highest BCUT2D eigenvalue weighted by molar-refractivity contribution is 6.34. The number of fused-ring (bicyclic) bond motifs is 16. The Kier molecular flexibility index (Phi) is 13.4. The summed E-state index contributed by atoms with van der Waals surface area (Å²) in [4.78, 5) is 31.0. The van der Waals surface area contributed by atoms with E-state index >= 15 is 0 Å². The molecule has 0 atom stereocenters. The van der Waals surface area contributed by atoms with Crippen LogP contribution in [0.15, 0.2) is 328 Å². The molecule has 428 valence electrons. The fourth-order valence-electron chi connectivity index (χ4n) is 13.6. The van der Waals surface area contributed by atoms with Gasteiger partial charge in [-0.15, -0.1) is 0 Å². The first-order valence-corrected chi connectivity index (χ1v) is 31.1. The Morgan fingerprint density at radius 3 is 0.826 bits per heavy atom. The van der Waals surface area contributed by atoms with Crippen LogP contribution in [0.1, 0.15) is 0 Å². The molecule has 0 aliphatic heterocycles. The zero-order valence-electron chi connectivity index (χ0n) is 49.9. The van der Waals surface area contributed by atoms with Gasteiger partial charge in [-0.2, -0.15) is 0 Å². The third-order valence-corrected chi connectivity index (χ3v) is 17.8. The second-order valence-electron chi connectivity index (χ2n) is 23.2. The molecule has 18 aromatic rings. The number of rotatable bonds is 8. The maximum Gasteiger partial charge on any atom is 0.164 e. The molecule has 2 aromatic heterocycles. The van der Waals surface area contributed by atoms with Crippen molar-refractivity contribution in [1.29, 1.82) is 0 Å². The number of benzene rings is 16. The van der Waals surface area contributed by atoms with Gasteiger partial charge in [0, 0.05) is 33.4 Å². The predicted octanol–water partition coefficient (Wildman–Crippen LogP) is 22.3. The summed E-state index contributed by atoms with van der Waals surface area (Å²) in [6, 6.07) is 115. The van der Waals surface area contributed by atoms with Crippen molar-refractivity contribution < 1.29 is 0 Å². The minimum Gasteiger partial charge on any atom is -0.208 e. The van der Waals surface area contributed by atoms with Gasteiger partial charge in [0.15, 0.2) is 34.9 Å². The molecule has 0 radical (unpaired) electrons. The molecular weight excluding hydrogens is 1120 g/mol. The molecule has 6 nitrogen and oxygen atoms in total. The molecule has 0 fully saturated rings. The molecule has 2 heterocycles. The summed E-state index contributed by atoms with van der Waals surface area (Å²) in [6.45, 7) is 0. The number of hydrogen-bond donors (Lipinski definition) is 0. The van der Waals surface area contributed by atoms with E-state index in [4.69, 9.17) is 29.9 Å². The summed E-state index contributed by atoms with van der Waals surface area (Å²) in [5.41, 5.74) is 10.3. The van der Waals surface area contributed by atoms with Crippen molar-refractivity contribution in [2.45, 2.75) is 0 Å². The molecule has 6 heteroatoms. The van der Waals surface area contributed by atoms with Crippen LogP contribution < -0.4 is 0 Å². The zero-order chi connectivity index (χ0) is 60.9. The quantitative estimate of drug-likeness (QED) is 0.141. The fourth-order valence-corrected chi connectivity index (χ4v) is 13.6. The van der Waals surface area contributed by atoms with Crippen LogP contribution in [-0.2, 0) is 0 Å². The predicted molar refractivity (Wildman–Crippen MR) is 383 cm³/mol. The van der Waals surface area contributed by atoms with E-state index in [-0.39, 0.29) is 0 Å². The summed E-state index contributed by atoms with van der Waals surface area (Å²) in [5, 5.41) is 19.4. The summed E-state index contributed by atoms with van der Waals surface area (Å²) < 4.78 is 0. The normalized spacial score (nSPS) is 11.5. The number of nitrogens with zero attached hydrogens (tertiary/aromatic N) is 6. The lowest BCUT2D eigenvalue weighted by molar-refractivity contribution is 1.08. The van der Waals surface area contributed by atoms with E-state index in [1.807, 2.05) is 48.5 Å². The molecular formula is C86H54N6. The smallest absolute Gasteiger partial charge is 0.164 e. The summed E-state index contributed by atoms with van der Waals surface area (Å²) in [6.07, 6.45) is 0. The molecule has 18 rings (SSSR count). The van der Waals surface area contributed by atoms with E-state index in [2.05, 4.69) is 279 Å². The average molecular weight is 1170 g/mol. The summed E-state index contributed by atoms with van der Waals surface area (Å²) in [7, 11) is 0. The SMILES string of the molecule is c1ccc(-c2cccc(-c3nc(-c4ccccc4)nc(-c4cc5c6ccccc6c6ccccc6c5c5ccccc45)n3)c2)cc1.c1ccc(-c2nc(-c3ccccc3-c3ccccc3)nc(-c3cc4c5ccccc5c5ccccc5c4c4ccccc34)n2)cc1. The van der Waals surface area contributed by atoms with Crippen LogP contribution in [0.4, 0.5) is 0 Å². The van der Waals surface area contributed by atoms with Crippen molar-refractivity contribution in [3.05, 3.63) is 328 Å². The lowest BCUT2D eigenvalue weighted by Crippen LogP contribution is -2.01. The van der Waals surface area contributed by atoms with Gasteiger partial charge in [-0.25, -0.2) is 29.9 Å². The third kappa shape index (κ3) is 9.53. The van der Waals surface area contributed by atoms with Gasteiger partial charge in [0.05, 0.1) is 0 Å². The molecule has 0 N–H and O–H groups in total. The summed E-state index contributed by atoms with van der Waals surface area (Å²) in [5.74, 6) is 3.91. The highest BCUT2D eigenvalue weighted by Crippen LogP contribution is 2.45. The molecule has 0 aliphatic carbocycles. The van der Waals surface area contributed by atoms with Gasteiger partial charge < -0.3 is 0 Å². The van der Waals surface area contributed by atoms with E-state index < -0.39 is 0 Å². The molecule has 16 aromatic carbocycles. The lowest BCUT2D eigenvalue weighted by Gasteiger charge is -2.16. The lowest BCUT2D eigenvalue weighted by atomic mass is 9.89. The van der Waals surface area contributed by atoms with Gasteiger partial charge in [-0.3, -0.25) is 0 Å². The highest BCUT2D eigenvalue weighted by Gasteiger charge is 2.22. The van der Waals surface area contributed by atoms with E-state index in [0.717, 1.165) is 66.4 Å². The van der Waals surface area contributed by atoms with Gasteiger partial charge in [0.25, 0.3) is 0 Å². The van der Waals surface area contributed by atoms with E-state index in [0.29, 0.717) is 34.9 Å². The molecule has 0 spiro atoms. The molecule has 92 heavy (non-hydrogen) atoms. The van der Waals surface area contributed by atoms with Gasteiger partial charge >= 0.3 is 0 Å². The first-order chi connectivity index (χ1) is 45.6. The van der Waals surface area contributed by atoms with Crippen molar-refractivity contribution in [1.82, 2.24) is 29.9 Å². The minimum atomic E-state index is 0.647. The van der Waals surface area contributed by atoms with Gasteiger partial charge in [0.2, 0.25) is 0 Å². The molecule has 0 amide bonds. The van der Waals surface area contributed by atoms with Crippen molar-refractivity contribution in [2.75, 3.05) is 0 Å². The van der Waals surface area contributed by atoms with Crippen LogP contribution in [-0.4, -0.2) is 29.9 Å². The minimum absolute atomic E-state index is 0.647. The van der Waals surface area contributed by atoms with Gasteiger partial charge in [-0.1, -0.05) is 309 Å². The van der Waals surface area contributed by atoms with Crippen LogP contribution in [0.2, 0.25) is 0 Å². The molecule has 0 saturated carbocycles. The van der Waals surface area contributed by atoms with Crippen LogP contribution in [0.5, 0.6) is 0 Å². The van der Waals surface area contributed by atoms with Crippen LogP contribution in [0.25, 0.3) is 177 Å². The topological polar surface area (TPSA) is 77.3 Å². The van der Waals surface area contributed by atoms with Crippen LogP contribution >= 0.6 is 0 Å². The maximum absolute atomic E-state index is 5.26. The van der Waals surface area contributed by atoms with Crippen molar-refractivity contribution in [2.24, 2.45) is 0 Å². The Bertz CT molecular complexity index is 5880. The Labute approximate surface area is 531 Å². The van der Waals surface area contributed by atoms with Crippen LogP contribution in [0, 0.1) is 0 Å². The standard InChI is InChI=1S/2C43H27N3/c1-3-15-28(16-4-1)30-19-7-14-26-37(30)42-44-41(29-17-5-2-6-18-29)45-43(46-42)39-27-38-33-22-9-8-20-31(33)32-21-10-12-24-35(32)40(38)36-25-13-11-23-34(36)39;1-3-14-28(15-4-1)30-18-13-19-31(26-30)42-44-41(29-16-5-2-6-17-29)45-43(46-42)39-27-38-34-22-8-7-20-32(34)33-21-9-11-24-36(33)40(38)37-25-12-10-23-35(37)39/h2*1-27H. The third-order valence-electron chi connectivity index (χ3n) is 17.8. The highest BCUT2D eigenvalue weighted by atomic mass is 15.0. The second kappa shape index (κ2) is 23.0. The van der Waals surface area contributed by atoms with Crippen molar-refractivity contribution >= 4 is 86.2 Å². The molecule has 0 unspecified atom stereocenters. The van der Waals surface area contributed by atoms with Crippen LogP contribution in [0.3, 0.4) is 0 Å². The van der Waals surface area contributed by atoms with Crippen molar-refractivity contribution in [3.8, 4) is 90.6 Å². The average Bonchev–Trinajstić information content (AvgIpc) is 0.740. The van der Waals surface area contributed by atoms with Crippen molar-refractivity contribution in [3.63, 3.8) is 0 Å². The van der Waals surface area contributed by atoms with Gasteiger partial charge in [-0.05, 0) is 127 Å². The zero-order valence-corrected chi connectivity index (χ0v) is 49.9. The largest absolute Gasteiger partial charge is 0.208 e. The van der Waals surface area contributed by atoms with E-state index in [9.17, 15) is 0 Å². The first kappa shape index (κ1) is 53.8. The molecule has 0 bridgehead atoms. The fraction of sp³-hybridized carbons (Fsp3) is 0. The molecule has 0 aliphatic rings. The maximum atomic E-state index is 5.26. The Balaban J connectivity index is 0.000000141. The summed E-state index contributed by atoms with van der Waals surface area (Å²) >= 11 is 0. The Morgan fingerprint density at radius 1 is 0.130 bits per heavy atom. The first-order valence-electron chi connectivity index (χ1n) is 31.1. The Hall–Kier alpha value is -12.4. The number of hydrogen-bond acceptors (Lipinski definition) is 6. The van der Waals surface area contributed by atoms with E-state index in [1.165, 1.54) is 75.4 Å². The molecule has 0 saturated heterocycles. The monoisotopic (exact) mass is 1170 g/mol. The van der Waals surface area contributed by atoms with Gasteiger partial charge in [0.1, 0.15) is 0 Å².